The Morgan fingerprint density at radius 2 is 1.96 bits per heavy atom. The predicted molar refractivity (Wildman–Crippen MR) is 65.1 cm³/mol. The number of hydrogen-bond donors (Lipinski definition) is 4. The number of morpholine rings is 1. The minimum atomic E-state index is -4.69. The molecule has 0 saturated carbocycles. The molecular weight excluding hydrogens is 331 g/mol. The molecule has 0 radical (unpaired) electrons. The molecule has 1 fully saturated rings. The molecule has 2 rings (SSSR count). The van der Waals surface area contributed by atoms with Gasteiger partial charge in [0.15, 0.2) is 5.69 Å². The minimum Gasteiger partial charge on any atom is -0.348 e. The molecule has 1 aliphatic heterocycles. The fourth-order valence-corrected chi connectivity index (χ4v) is 2.05. The molecule has 4 N–H and O–H groups in total. The maximum absolute atomic E-state index is 13.0. The molecule has 1 saturated heterocycles. The van der Waals surface area contributed by atoms with Gasteiger partial charge in [-0.05, 0) is 6.92 Å². The van der Waals surface area contributed by atoms with E-state index in [4.69, 9.17) is 0 Å². The normalized spacial score (nSPS) is 25.2. The smallest absolute Gasteiger partial charge is 0.348 e. The zero-order valence-electron chi connectivity index (χ0n) is 11.6. The Morgan fingerprint density at radius 1 is 1.30 bits per heavy atom. The second-order valence-corrected chi connectivity index (χ2v) is 4.95. The molecule has 2 atom stereocenters. The van der Waals surface area contributed by atoms with Crippen molar-refractivity contribution in [3.63, 3.8) is 0 Å². The van der Waals surface area contributed by atoms with Crippen molar-refractivity contribution in [2.45, 2.75) is 37.3 Å². The lowest BCUT2D eigenvalue weighted by Crippen LogP contribution is -2.67. The van der Waals surface area contributed by atoms with Gasteiger partial charge in [0.05, 0.1) is 25.0 Å². The van der Waals surface area contributed by atoms with E-state index in [1.54, 1.807) is 0 Å². The third kappa shape index (κ3) is 4.22. The van der Waals surface area contributed by atoms with Crippen molar-refractivity contribution >= 4 is 5.82 Å². The van der Waals surface area contributed by atoms with Crippen LogP contribution in [0.15, 0.2) is 12.4 Å². The topological polar surface area (TPSA) is 99.5 Å². The zero-order chi connectivity index (χ0) is 17.5. The van der Waals surface area contributed by atoms with Gasteiger partial charge in [0.25, 0.3) is 5.91 Å². The Bertz CT molecular complexity index is 552. The monoisotopic (exact) mass is 344 g/mol. The molecular formula is C11H13F5N4O3. The van der Waals surface area contributed by atoms with Crippen LogP contribution in [0.2, 0.25) is 0 Å². The summed E-state index contributed by atoms with van der Waals surface area (Å²) in [6, 6.07) is -1.40. The van der Waals surface area contributed by atoms with Gasteiger partial charge in [-0.2, -0.15) is 22.0 Å². The number of alkyl halides is 5. The summed E-state index contributed by atoms with van der Waals surface area (Å²) in [7, 11) is 0. The van der Waals surface area contributed by atoms with Crippen molar-refractivity contribution in [2.75, 3.05) is 11.9 Å². The molecule has 7 nitrogen and oxygen atoms in total. The number of anilines is 1. The molecule has 1 aromatic rings. The van der Waals surface area contributed by atoms with Crippen LogP contribution < -0.4 is 10.6 Å². The highest BCUT2D eigenvalue weighted by Gasteiger charge is 2.49. The second-order valence-electron chi connectivity index (χ2n) is 4.95. The van der Waals surface area contributed by atoms with Crippen molar-refractivity contribution in [3.05, 3.63) is 18.1 Å². The van der Waals surface area contributed by atoms with E-state index >= 15 is 0 Å². The number of nitrogens with zero attached hydrogens (tertiary/aromatic N) is 2. The van der Waals surface area contributed by atoms with E-state index in [1.807, 2.05) is 5.32 Å². The van der Waals surface area contributed by atoms with E-state index in [9.17, 15) is 32.2 Å². The number of nitrogens with one attached hydrogen (secondary N) is 2. The van der Waals surface area contributed by atoms with Crippen LogP contribution in [0.4, 0.5) is 27.8 Å². The highest BCUT2D eigenvalue weighted by atomic mass is 19.4. The Morgan fingerprint density at radius 3 is 2.43 bits per heavy atom. The van der Waals surface area contributed by atoms with E-state index in [0.29, 0.717) is 12.4 Å². The van der Waals surface area contributed by atoms with Gasteiger partial charge in [0, 0.05) is 0 Å². The first-order valence-corrected chi connectivity index (χ1v) is 6.32. The maximum atomic E-state index is 13.0. The molecule has 0 aliphatic carbocycles. The van der Waals surface area contributed by atoms with Crippen LogP contribution in [0.3, 0.4) is 0 Å². The van der Waals surface area contributed by atoms with Crippen molar-refractivity contribution in [1.29, 1.82) is 0 Å². The largest absolute Gasteiger partial charge is 0.434 e. The lowest BCUT2D eigenvalue weighted by Gasteiger charge is -2.41. The van der Waals surface area contributed by atoms with E-state index in [2.05, 4.69) is 20.0 Å². The lowest BCUT2D eigenvalue weighted by atomic mass is 10.1. The number of aromatic nitrogens is 2. The average molecular weight is 344 g/mol. The van der Waals surface area contributed by atoms with Gasteiger partial charge in [-0.15, -0.1) is 0 Å². The summed E-state index contributed by atoms with van der Waals surface area (Å²) in [5.41, 5.74) is -1.27. The Kier molecular flexibility index (Phi) is 4.45. The van der Waals surface area contributed by atoms with Gasteiger partial charge in [-0.25, -0.2) is 9.97 Å². The molecule has 0 amide bonds. The standard InChI is InChI=1S/C11H13F5N4O3/c1-5-8(19-4-9(12,13)23-5)11(21,22)20-7-3-17-6(2-18-7)10(14,15)16/h2-3,5,8,19,21-22H,4H2,1H3,(H,18,20). The first kappa shape index (κ1) is 17.7. The van der Waals surface area contributed by atoms with Gasteiger partial charge in [0.2, 0.25) is 0 Å². The van der Waals surface area contributed by atoms with E-state index in [1.165, 1.54) is 6.92 Å². The maximum Gasteiger partial charge on any atom is 0.434 e. The molecule has 12 heteroatoms. The quantitative estimate of drug-likeness (QED) is 0.468. The van der Waals surface area contributed by atoms with Crippen molar-refractivity contribution in [2.24, 2.45) is 0 Å². The Labute approximate surface area is 126 Å². The molecule has 2 unspecified atom stereocenters. The van der Waals surface area contributed by atoms with E-state index in [-0.39, 0.29) is 0 Å². The molecule has 0 spiro atoms. The van der Waals surface area contributed by atoms with Crippen molar-refractivity contribution in [3.8, 4) is 0 Å². The van der Waals surface area contributed by atoms with Gasteiger partial charge in [-0.1, -0.05) is 0 Å². The Hall–Kier alpha value is -1.63. The van der Waals surface area contributed by atoms with Crippen LogP contribution in [-0.4, -0.2) is 50.9 Å². The summed E-state index contributed by atoms with van der Waals surface area (Å²) >= 11 is 0. The van der Waals surface area contributed by atoms with Crippen molar-refractivity contribution in [1.82, 2.24) is 15.3 Å². The second kappa shape index (κ2) is 5.78. The summed E-state index contributed by atoms with van der Waals surface area (Å²) in [4.78, 5) is 6.43. The summed E-state index contributed by atoms with van der Waals surface area (Å²) in [5.74, 6) is -3.21. The predicted octanol–water partition coefficient (Wildman–Crippen LogP) is 0.515. The molecule has 2 heterocycles. The lowest BCUT2D eigenvalue weighted by molar-refractivity contribution is -0.305. The molecule has 1 aliphatic rings. The first-order chi connectivity index (χ1) is 10.4. The molecule has 0 bridgehead atoms. The molecule has 1 aromatic heterocycles. The van der Waals surface area contributed by atoms with Crippen molar-refractivity contribution < 1.29 is 36.9 Å². The van der Waals surface area contributed by atoms with Gasteiger partial charge in [-0.3, -0.25) is 5.32 Å². The van der Waals surface area contributed by atoms with Crippen LogP contribution in [0.25, 0.3) is 0 Å². The van der Waals surface area contributed by atoms with E-state index < -0.39 is 48.4 Å². The number of halogens is 5. The highest BCUT2D eigenvalue weighted by molar-refractivity contribution is 5.34. The summed E-state index contributed by atoms with van der Waals surface area (Å²) in [6.45, 7) is 0.206. The number of ether oxygens (including phenoxy) is 1. The third-order valence-corrected chi connectivity index (χ3v) is 3.04. The fourth-order valence-electron chi connectivity index (χ4n) is 2.05. The SMILES string of the molecule is CC1OC(F)(F)CNC1C(O)(O)Nc1cnc(C(F)(F)F)cn1. The summed E-state index contributed by atoms with van der Waals surface area (Å²) in [5, 5.41) is 24.1. The Balaban J connectivity index is 2.09. The first-order valence-electron chi connectivity index (χ1n) is 6.32. The summed E-state index contributed by atoms with van der Waals surface area (Å²) < 4.78 is 67.4. The van der Waals surface area contributed by atoms with Crippen LogP contribution in [0.5, 0.6) is 0 Å². The van der Waals surface area contributed by atoms with Crippen LogP contribution in [0.1, 0.15) is 12.6 Å². The van der Waals surface area contributed by atoms with Gasteiger partial charge >= 0.3 is 12.3 Å². The number of aliphatic hydroxyl groups is 2. The molecule has 23 heavy (non-hydrogen) atoms. The number of hydrogen-bond acceptors (Lipinski definition) is 7. The summed E-state index contributed by atoms with van der Waals surface area (Å²) in [6.07, 6.45) is -8.46. The third-order valence-electron chi connectivity index (χ3n) is 3.04. The highest BCUT2D eigenvalue weighted by Crippen LogP contribution is 2.29. The fraction of sp³-hybridized carbons (Fsp3) is 0.636. The van der Waals surface area contributed by atoms with Crippen LogP contribution in [0, 0.1) is 0 Å². The van der Waals surface area contributed by atoms with Gasteiger partial charge in [0.1, 0.15) is 11.9 Å². The van der Waals surface area contributed by atoms with E-state index in [0.717, 1.165) is 0 Å². The minimum absolute atomic E-state index is 0.390. The zero-order valence-corrected chi connectivity index (χ0v) is 11.6. The van der Waals surface area contributed by atoms with Gasteiger partial charge < -0.3 is 20.3 Å². The average Bonchev–Trinajstić information content (AvgIpc) is 2.35. The van der Waals surface area contributed by atoms with Crippen LogP contribution in [-0.2, 0) is 10.9 Å². The molecule has 130 valence electrons. The number of rotatable bonds is 3. The van der Waals surface area contributed by atoms with Crippen LogP contribution >= 0.6 is 0 Å². The molecule has 0 aromatic carbocycles.